The van der Waals surface area contributed by atoms with Crippen LogP contribution in [-0.2, 0) is 12.8 Å². The highest BCUT2D eigenvalue weighted by Gasteiger charge is 2.30. The van der Waals surface area contributed by atoms with Gasteiger partial charge in [-0.25, -0.2) is 9.50 Å². The Balaban J connectivity index is 1.69. The molecular weight excluding hydrogens is 338 g/mol. The first-order chi connectivity index (χ1) is 13.2. The monoisotopic (exact) mass is 357 g/mol. The van der Waals surface area contributed by atoms with Crippen LogP contribution in [0.5, 0.6) is 0 Å². The molecule has 0 bridgehead atoms. The van der Waals surface area contributed by atoms with E-state index in [0.717, 1.165) is 40.3 Å². The average molecular weight is 357 g/mol. The summed E-state index contributed by atoms with van der Waals surface area (Å²) in [5.74, 6) is 0.993. The quantitative estimate of drug-likeness (QED) is 0.543. The van der Waals surface area contributed by atoms with Gasteiger partial charge in [0.15, 0.2) is 11.4 Å². The summed E-state index contributed by atoms with van der Waals surface area (Å²) in [6, 6.07) is 14.0. The molecule has 0 saturated carbocycles. The average Bonchev–Trinajstić information content (AvgIpc) is 3.35. The number of fused-ring (bicyclic) bond motifs is 2. The van der Waals surface area contributed by atoms with Crippen molar-refractivity contribution in [1.82, 2.24) is 14.6 Å². The lowest BCUT2D eigenvalue weighted by molar-refractivity contribution is 0.0958. The Morgan fingerprint density at radius 1 is 1.15 bits per heavy atom. The fraction of sp³-hybridized carbons (Fsp3) is 0.227. The van der Waals surface area contributed by atoms with Gasteiger partial charge in [-0.15, -0.1) is 0 Å². The SMILES string of the molecule is CCc1nn2cc3c(nc2c1-c1ccccc1)CC(c1ccco1)CC3=O. The highest BCUT2D eigenvalue weighted by atomic mass is 16.3. The third-order valence-corrected chi connectivity index (χ3v) is 5.28. The van der Waals surface area contributed by atoms with E-state index < -0.39 is 0 Å². The van der Waals surface area contributed by atoms with E-state index in [0.29, 0.717) is 18.4 Å². The summed E-state index contributed by atoms with van der Waals surface area (Å²) in [5.41, 5.74) is 5.46. The van der Waals surface area contributed by atoms with Gasteiger partial charge in [0.05, 0.1) is 23.2 Å². The first-order valence-electron chi connectivity index (χ1n) is 9.27. The minimum absolute atomic E-state index is 0.0451. The summed E-state index contributed by atoms with van der Waals surface area (Å²) < 4.78 is 7.31. The van der Waals surface area contributed by atoms with Crippen LogP contribution in [0.2, 0.25) is 0 Å². The fourth-order valence-electron chi connectivity index (χ4n) is 3.95. The molecule has 134 valence electrons. The third kappa shape index (κ3) is 2.58. The number of carbonyl (C=O) groups is 1. The number of aryl methyl sites for hydroxylation is 1. The normalized spacial score (nSPS) is 16.6. The van der Waals surface area contributed by atoms with Crippen LogP contribution in [0.15, 0.2) is 59.3 Å². The topological polar surface area (TPSA) is 60.4 Å². The van der Waals surface area contributed by atoms with Crippen molar-refractivity contribution in [2.45, 2.75) is 32.1 Å². The minimum Gasteiger partial charge on any atom is -0.469 e. The van der Waals surface area contributed by atoms with Gasteiger partial charge in [-0.3, -0.25) is 4.79 Å². The van der Waals surface area contributed by atoms with Crippen molar-refractivity contribution in [2.75, 3.05) is 0 Å². The number of hydrogen-bond acceptors (Lipinski definition) is 4. The molecule has 4 aromatic rings. The lowest BCUT2D eigenvalue weighted by atomic mass is 9.85. The second-order valence-corrected chi connectivity index (χ2v) is 6.95. The highest BCUT2D eigenvalue weighted by molar-refractivity contribution is 5.99. The van der Waals surface area contributed by atoms with Crippen LogP contribution in [0.3, 0.4) is 0 Å². The number of ketones is 1. The molecule has 3 heterocycles. The standard InChI is InChI=1S/C22H19N3O2/c1-2-17-21(14-7-4-3-5-8-14)22-23-18-11-15(20-9-6-10-27-20)12-19(26)16(18)13-25(22)24-17/h3-10,13,15H,2,11-12H2,1H3. The van der Waals surface area contributed by atoms with Crippen molar-refractivity contribution in [3.8, 4) is 11.1 Å². The molecule has 1 unspecified atom stereocenters. The van der Waals surface area contributed by atoms with Crippen molar-refractivity contribution in [1.29, 1.82) is 0 Å². The third-order valence-electron chi connectivity index (χ3n) is 5.28. The Bertz CT molecular complexity index is 1130. The van der Waals surface area contributed by atoms with Gasteiger partial charge in [-0.2, -0.15) is 5.10 Å². The van der Waals surface area contributed by atoms with Crippen LogP contribution in [0.4, 0.5) is 0 Å². The molecule has 0 aliphatic heterocycles. The van der Waals surface area contributed by atoms with Crippen molar-refractivity contribution in [2.24, 2.45) is 0 Å². The van der Waals surface area contributed by atoms with E-state index in [1.807, 2.05) is 36.5 Å². The lowest BCUT2D eigenvalue weighted by Gasteiger charge is -2.21. The van der Waals surface area contributed by atoms with Gasteiger partial charge in [-0.1, -0.05) is 37.3 Å². The summed E-state index contributed by atoms with van der Waals surface area (Å²) in [5, 5.41) is 4.70. The number of Topliss-reactive ketones (excluding diaryl/α,β-unsaturated/α-hetero) is 1. The van der Waals surface area contributed by atoms with Crippen molar-refractivity contribution in [3.63, 3.8) is 0 Å². The maximum absolute atomic E-state index is 12.7. The van der Waals surface area contributed by atoms with E-state index in [1.165, 1.54) is 0 Å². The van der Waals surface area contributed by atoms with Gasteiger partial charge < -0.3 is 4.42 Å². The molecule has 3 aromatic heterocycles. The molecule has 1 aliphatic carbocycles. The van der Waals surface area contributed by atoms with Crippen molar-refractivity contribution in [3.05, 3.63) is 77.6 Å². The number of benzene rings is 1. The van der Waals surface area contributed by atoms with Gasteiger partial charge in [0, 0.05) is 30.5 Å². The number of aromatic nitrogens is 3. The summed E-state index contributed by atoms with van der Waals surface area (Å²) >= 11 is 0. The second kappa shape index (κ2) is 6.20. The zero-order chi connectivity index (χ0) is 18.4. The Labute approximate surface area is 156 Å². The fourth-order valence-corrected chi connectivity index (χ4v) is 3.95. The molecule has 5 heteroatoms. The van der Waals surface area contributed by atoms with E-state index in [-0.39, 0.29) is 11.7 Å². The number of nitrogens with zero attached hydrogens (tertiary/aromatic N) is 3. The molecule has 0 radical (unpaired) electrons. The molecule has 0 amide bonds. The van der Waals surface area contributed by atoms with E-state index in [9.17, 15) is 4.79 Å². The van der Waals surface area contributed by atoms with Gasteiger partial charge in [-0.05, 0) is 24.1 Å². The molecule has 1 aromatic carbocycles. The number of hydrogen-bond donors (Lipinski definition) is 0. The molecular formula is C22H19N3O2. The van der Waals surface area contributed by atoms with E-state index in [2.05, 4.69) is 19.1 Å². The molecule has 1 atom stereocenters. The number of furan rings is 1. The van der Waals surface area contributed by atoms with E-state index >= 15 is 0 Å². The minimum atomic E-state index is 0.0451. The molecule has 0 spiro atoms. The summed E-state index contributed by atoms with van der Waals surface area (Å²) in [6.07, 6.45) is 5.46. The summed E-state index contributed by atoms with van der Waals surface area (Å²) in [4.78, 5) is 17.7. The first kappa shape index (κ1) is 16.0. The number of rotatable bonds is 3. The smallest absolute Gasteiger partial charge is 0.167 e. The molecule has 0 N–H and O–H groups in total. The zero-order valence-electron chi connectivity index (χ0n) is 15.1. The van der Waals surface area contributed by atoms with Crippen LogP contribution < -0.4 is 0 Å². The predicted molar refractivity (Wildman–Crippen MR) is 102 cm³/mol. The highest BCUT2D eigenvalue weighted by Crippen LogP contribution is 2.34. The number of carbonyl (C=O) groups excluding carboxylic acids is 1. The van der Waals surface area contributed by atoms with Crippen LogP contribution >= 0.6 is 0 Å². The Kier molecular flexibility index (Phi) is 3.67. The van der Waals surface area contributed by atoms with Gasteiger partial charge in [0.2, 0.25) is 0 Å². The maximum atomic E-state index is 12.7. The molecule has 27 heavy (non-hydrogen) atoms. The van der Waals surface area contributed by atoms with Gasteiger partial charge >= 0.3 is 0 Å². The molecule has 0 fully saturated rings. The van der Waals surface area contributed by atoms with E-state index in [1.54, 1.807) is 10.8 Å². The second-order valence-electron chi connectivity index (χ2n) is 6.95. The molecule has 5 rings (SSSR count). The van der Waals surface area contributed by atoms with Crippen LogP contribution in [0, 0.1) is 0 Å². The molecule has 0 saturated heterocycles. The summed E-state index contributed by atoms with van der Waals surface area (Å²) in [6.45, 7) is 2.09. The zero-order valence-corrected chi connectivity index (χ0v) is 15.1. The van der Waals surface area contributed by atoms with Gasteiger partial charge in [0.1, 0.15) is 5.76 Å². The van der Waals surface area contributed by atoms with Crippen LogP contribution in [0.25, 0.3) is 16.8 Å². The lowest BCUT2D eigenvalue weighted by Crippen LogP contribution is -2.21. The summed E-state index contributed by atoms with van der Waals surface area (Å²) in [7, 11) is 0. The Morgan fingerprint density at radius 3 is 2.74 bits per heavy atom. The first-order valence-corrected chi connectivity index (χ1v) is 9.27. The maximum Gasteiger partial charge on any atom is 0.167 e. The Hall–Kier alpha value is -3.21. The van der Waals surface area contributed by atoms with Crippen molar-refractivity contribution < 1.29 is 9.21 Å². The molecule has 5 nitrogen and oxygen atoms in total. The van der Waals surface area contributed by atoms with Crippen molar-refractivity contribution >= 4 is 11.4 Å². The van der Waals surface area contributed by atoms with Crippen LogP contribution in [0.1, 0.15) is 46.8 Å². The Morgan fingerprint density at radius 2 is 2.00 bits per heavy atom. The predicted octanol–water partition coefficient (Wildman–Crippen LogP) is 4.46. The molecule has 1 aliphatic rings. The van der Waals surface area contributed by atoms with Crippen LogP contribution in [-0.4, -0.2) is 20.4 Å². The largest absolute Gasteiger partial charge is 0.469 e. The van der Waals surface area contributed by atoms with E-state index in [4.69, 9.17) is 14.5 Å². The van der Waals surface area contributed by atoms with Gasteiger partial charge in [0.25, 0.3) is 0 Å².